The van der Waals surface area contributed by atoms with Gasteiger partial charge in [-0.05, 0) is 35.4 Å². The van der Waals surface area contributed by atoms with Crippen molar-refractivity contribution in [2.24, 2.45) is 10.9 Å². The fourth-order valence-electron chi connectivity index (χ4n) is 1.66. The number of benzene rings is 1. The van der Waals surface area contributed by atoms with Gasteiger partial charge < -0.3 is 20.8 Å². The van der Waals surface area contributed by atoms with E-state index in [-0.39, 0.29) is 12.4 Å². The number of nitrogens with two attached hydrogens (primary N) is 1. The van der Waals surface area contributed by atoms with Gasteiger partial charge in [-0.2, -0.15) is 0 Å². The van der Waals surface area contributed by atoms with Gasteiger partial charge in [0.1, 0.15) is 18.1 Å². The summed E-state index contributed by atoms with van der Waals surface area (Å²) in [5.74, 6) is 0.618. The molecule has 1 aromatic carbocycles. The molecule has 0 fully saturated rings. The lowest BCUT2D eigenvalue weighted by atomic mass is 10.2. The molecule has 1 heterocycles. The standard InChI is InChI=1S/C14H15N3O3/c15-14(17-19)13-7-11(4-5-16-13)9-20-12-3-1-2-10(6-12)8-18/h1-7,18-19H,8-9H2,(H2,15,17). The van der Waals surface area contributed by atoms with Gasteiger partial charge in [-0.25, -0.2) is 0 Å². The molecule has 2 rings (SSSR count). The lowest BCUT2D eigenvalue weighted by Gasteiger charge is -2.08. The lowest BCUT2D eigenvalue weighted by Crippen LogP contribution is -2.15. The van der Waals surface area contributed by atoms with Crippen molar-refractivity contribution >= 4 is 5.84 Å². The summed E-state index contributed by atoms with van der Waals surface area (Å²) in [5.41, 5.74) is 7.49. The number of amidine groups is 1. The highest BCUT2D eigenvalue weighted by Gasteiger charge is 2.03. The maximum absolute atomic E-state index is 9.06. The Morgan fingerprint density at radius 3 is 2.85 bits per heavy atom. The van der Waals surface area contributed by atoms with Gasteiger partial charge in [-0.3, -0.25) is 4.98 Å². The number of oxime groups is 1. The summed E-state index contributed by atoms with van der Waals surface area (Å²) in [4.78, 5) is 3.99. The summed E-state index contributed by atoms with van der Waals surface area (Å²) in [5, 5.41) is 20.6. The average molecular weight is 273 g/mol. The number of hydrogen-bond acceptors (Lipinski definition) is 5. The van der Waals surface area contributed by atoms with Crippen LogP contribution >= 0.6 is 0 Å². The second-order valence-corrected chi connectivity index (χ2v) is 4.13. The molecule has 0 radical (unpaired) electrons. The van der Waals surface area contributed by atoms with E-state index >= 15 is 0 Å². The smallest absolute Gasteiger partial charge is 0.188 e. The predicted octanol–water partition coefficient (Wildman–Crippen LogP) is 1.25. The zero-order chi connectivity index (χ0) is 14.4. The number of aliphatic hydroxyl groups excluding tert-OH is 1. The van der Waals surface area contributed by atoms with E-state index in [9.17, 15) is 0 Å². The summed E-state index contributed by atoms with van der Waals surface area (Å²) >= 11 is 0. The molecule has 0 bridgehead atoms. The van der Waals surface area contributed by atoms with E-state index in [2.05, 4.69) is 10.1 Å². The zero-order valence-electron chi connectivity index (χ0n) is 10.7. The minimum Gasteiger partial charge on any atom is -0.489 e. The Hall–Kier alpha value is -2.60. The largest absolute Gasteiger partial charge is 0.489 e. The van der Waals surface area contributed by atoms with Gasteiger partial charge >= 0.3 is 0 Å². The molecule has 0 aliphatic carbocycles. The van der Waals surface area contributed by atoms with Crippen molar-refractivity contribution in [3.63, 3.8) is 0 Å². The van der Waals surface area contributed by atoms with E-state index in [1.54, 1.807) is 24.4 Å². The van der Waals surface area contributed by atoms with Gasteiger partial charge in [0, 0.05) is 6.20 Å². The van der Waals surface area contributed by atoms with Gasteiger partial charge in [0.05, 0.1) is 6.61 Å². The number of ether oxygens (including phenoxy) is 1. The van der Waals surface area contributed by atoms with Crippen molar-refractivity contribution in [1.29, 1.82) is 0 Å². The monoisotopic (exact) mass is 273 g/mol. The van der Waals surface area contributed by atoms with Crippen LogP contribution < -0.4 is 10.5 Å². The number of aliphatic hydroxyl groups is 1. The summed E-state index contributed by atoms with van der Waals surface area (Å²) in [6.45, 7) is 0.295. The fraction of sp³-hybridized carbons (Fsp3) is 0.143. The topological polar surface area (TPSA) is 101 Å². The molecule has 4 N–H and O–H groups in total. The summed E-state index contributed by atoms with van der Waals surface area (Å²) in [6, 6.07) is 10.7. The van der Waals surface area contributed by atoms with Crippen LogP contribution in [0.5, 0.6) is 5.75 Å². The molecule has 6 heteroatoms. The van der Waals surface area contributed by atoms with Crippen LogP contribution in [0.4, 0.5) is 0 Å². The Kier molecular flexibility index (Phi) is 4.52. The number of aromatic nitrogens is 1. The van der Waals surface area contributed by atoms with Gasteiger partial charge in [0.2, 0.25) is 0 Å². The summed E-state index contributed by atoms with van der Waals surface area (Å²) in [6.07, 6.45) is 1.57. The molecule has 0 saturated carbocycles. The van der Waals surface area contributed by atoms with E-state index in [4.69, 9.17) is 20.8 Å². The lowest BCUT2D eigenvalue weighted by molar-refractivity contribution is 0.278. The van der Waals surface area contributed by atoms with Crippen LogP contribution in [0.2, 0.25) is 0 Å². The molecular weight excluding hydrogens is 258 g/mol. The van der Waals surface area contributed by atoms with Crippen LogP contribution in [0.15, 0.2) is 47.8 Å². The average Bonchev–Trinajstić information content (AvgIpc) is 2.52. The minimum absolute atomic E-state index is 0.0277. The molecule has 0 amide bonds. The van der Waals surface area contributed by atoms with E-state index in [0.717, 1.165) is 11.1 Å². The number of nitrogens with zero attached hydrogens (tertiary/aromatic N) is 2. The maximum atomic E-state index is 9.06. The molecule has 0 spiro atoms. The maximum Gasteiger partial charge on any atom is 0.188 e. The van der Waals surface area contributed by atoms with Crippen LogP contribution in [0.1, 0.15) is 16.8 Å². The number of pyridine rings is 1. The predicted molar refractivity (Wildman–Crippen MR) is 73.4 cm³/mol. The second-order valence-electron chi connectivity index (χ2n) is 4.13. The van der Waals surface area contributed by atoms with Crippen LogP contribution in [0.25, 0.3) is 0 Å². The Morgan fingerprint density at radius 1 is 1.25 bits per heavy atom. The highest BCUT2D eigenvalue weighted by Crippen LogP contribution is 2.15. The first-order valence-electron chi connectivity index (χ1n) is 5.98. The second kappa shape index (κ2) is 6.53. The molecule has 2 aromatic rings. The van der Waals surface area contributed by atoms with Crippen molar-refractivity contribution in [2.45, 2.75) is 13.2 Å². The van der Waals surface area contributed by atoms with Crippen molar-refractivity contribution in [1.82, 2.24) is 4.98 Å². The molecule has 0 unspecified atom stereocenters. The first kappa shape index (κ1) is 13.8. The van der Waals surface area contributed by atoms with Gasteiger partial charge in [0.25, 0.3) is 0 Å². The highest BCUT2D eigenvalue weighted by atomic mass is 16.5. The minimum atomic E-state index is -0.0471. The highest BCUT2D eigenvalue weighted by molar-refractivity contribution is 5.95. The molecular formula is C14H15N3O3. The fourth-order valence-corrected chi connectivity index (χ4v) is 1.66. The quantitative estimate of drug-likeness (QED) is 0.329. The van der Waals surface area contributed by atoms with E-state index in [1.165, 1.54) is 0 Å². The Morgan fingerprint density at radius 2 is 2.10 bits per heavy atom. The molecule has 0 atom stereocenters. The number of hydrogen-bond donors (Lipinski definition) is 3. The van der Waals surface area contributed by atoms with Crippen LogP contribution in [-0.2, 0) is 13.2 Å². The summed E-state index contributed by atoms with van der Waals surface area (Å²) in [7, 11) is 0. The van der Waals surface area contributed by atoms with Crippen molar-refractivity contribution < 1.29 is 15.1 Å². The van der Waals surface area contributed by atoms with Crippen LogP contribution in [0.3, 0.4) is 0 Å². The van der Waals surface area contributed by atoms with E-state index in [1.807, 2.05) is 18.2 Å². The van der Waals surface area contributed by atoms with E-state index < -0.39 is 0 Å². The molecule has 20 heavy (non-hydrogen) atoms. The molecule has 0 aliphatic rings. The van der Waals surface area contributed by atoms with Crippen molar-refractivity contribution in [2.75, 3.05) is 0 Å². The molecule has 0 aliphatic heterocycles. The Bertz CT molecular complexity index is 614. The van der Waals surface area contributed by atoms with Gasteiger partial charge in [-0.15, -0.1) is 0 Å². The Balaban J connectivity index is 2.07. The Labute approximate surface area is 116 Å². The zero-order valence-corrected chi connectivity index (χ0v) is 10.7. The third kappa shape index (κ3) is 3.46. The molecule has 1 aromatic heterocycles. The number of rotatable bonds is 5. The van der Waals surface area contributed by atoms with E-state index in [0.29, 0.717) is 18.1 Å². The molecule has 104 valence electrons. The summed E-state index contributed by atoms with van der Waals surface area (Å²) < 4.78 is 5.62. The van der Waals surface area contributed by atoms with Crippen LogP contribution in [-0.4, -0.2) is 21.1 Å². The molecule has 0 saturated heterocycles. The normalized spacial score (nSPS) is 11.3. The first-order chi connectivity index (χ1) is 9.72. The first-order valence-corrected chi connectivity index (χ1v) is 5.98. The van der Waals surface area contributed by atoms with Gasteiger partial charge in [-0.1, -0.05) is 17.3 Å². The van der Waals surface area contributed by atoms with Crippen molar-refractivity contribution in [3.05, 3.63) is 59.4 Å². The van der Waals surface area contributed by atoms with Crippen molar-refractivity contribution in [3.8, 4) is 5.75 Å². The molecule has 6 nitrogen and oxygen atoms in total. The van der Waals surface area contributed by atoms with Crippen LogP contribution in [0, 0.1) is 0 Å². The third-order valence-electron chi connectivity index (χ3n) is 2.68. The SMILES string of the molecule is NC(=NO)c1cc(COc2cccc(CO)c2)ccn1. The van der Waals surface area contributed by atoms with Gasteiger partial charge in [0.15, 0.2) is 5.84 Å². The third-order valence-corrected chi connectivity index (χ3v) is 2.68.